The molecule has 0 heterocycles. The van der Waals surface area contributed by atoms with Gasteiger partial charge in [-0.2, -0.15) is 10.5 Å². The maximum Gasteiger partial charge on any atom is 0.155 e. The van der Waals surface area contributed by atoms with Crippen LogP contribution in [0.3, 0.4) is 0 Å². The summed E-state index contributed by atoms with van der Waals surface area (Å²) in [5.41, 5.74) is 1.24. The monoisotopic (exact) mass is 241 g/mol. The third-order valence-electron chi connectivity index (χ3n) is 2.07. The molecule has 0 spiro atoms. The minimum atomic E-state index is 0.0320. The van der Waals surface area contributed by atoms with Crippen molar-refractivity contribution >= 4 is 22.5 Å². The molecule has 0 radical (unpaired) electrons. The van der Waals surface area contributed by atoms with E-state index in [-0.39, 0.29) is 5.57 Å². The number of hydrogen-bond acceptors (Lipinski definition) is 4. The Kier molecular flexibility index (Phi) is 5.00. The van der Waals surface area contributed by atoms with E-state index in [2.05, 4.69) is 4.99 Å². The number of thioether (sulfide) groups is 1. The fourth-order valence-electron chi connectivity index (χ4n) is 1.19. The zero-order valence-corrected chi connectivity index (χ0v) is 10.5. The Bertz CT molecular complexity index is 514. The SMILES string of the molecule is CSC(C)=NC(=C(C#N)C#N)c1ccccc1. The summed E-state index contributed by atoms with van der Waals surface area (Å²) in [6, 6.07) is 13.0. The molecule has 1 rings (SSSR count). The van der Waals surface area contributed by atoms with Gasteiger partial charge in [-0.15, -0.1) is 11.8 Å². The van der Waals surface area contributed by atoms with Crippen LogP contribution in [0.4, 0.5) is 0 Å². The van der Waals surface area contributed by atoms with Gasteiger partial charge in [0.05, 0.1) is 10.7 Å². The molecule has 0 aliphatic heterocycles. The summed E-state index contributed by atoms with van der Waals surface area (Å²) >= 11 is 1.48. The number of rotatable bonds is 2. The first kappa shape index (κ1) is 13.0. The van der Waals surface area contributed by atoms with Crippen LogP contribution >= 0.6 is 11.8 Å². The Hall–Kier alpha value is -2.04. The van der Waals surface area contributed by atoms with Gasteiger partial charge in [-0.05, 0) is 13.2 Å². The molecule has 0 aliphatic rings. The van der Waals surface area contributed by atoms with Crippen LogP contribution in [0, 0.1) is 22.7 Å². The van der Waals surface area contributed by atoms with Crippen LogP contribution in [0.25, 0.3) is 5.70 Å². The molecule has 84 valence electrons. The molecule has 0 saturated carbocycles. The second-order valence-electron chi connectivity index (χ2n) is 3.15. The van der Waals surface area contributed by atoms with Crippen LogP contribution in [0.1, 0.15) is 12.5 Å². The van der Waals surface area contributed by atoms with Gasteiger partial charge in [0.25, 0.3) is 0 Å². The van der Waals surface area contributed by atoms with Crippen LogP contribution in [0.5, 0.6) is 0 Å². The Labute approximate surface area is 105 Å². The molecule has 0 amide bonds. The van der Waals surface area contributed by atoms with Gasteiger partial charge in [0, 0.05) is 5.56 Å². The first-order valence-electron chi connectivity index (χ1n) is 4.92. The second-order valence-corrected chi connectivity index (χ2v) is 4.15. The highest BCUT2D eigenvalue weighted by Crippen LogP contribution is 2.21. The van der Waals surface area contributed by atoms with Crippen molar-refractivity contribution in [2.24, 2.45) is 4.99 Å². The molecule has 0 saturated heterocycles. The molecule has 4 heteroatoms. The Morgan fingerprint density at radius 3 is 2.24 bits per heavy atom. The fraction of sp³-hybridized carbons (Fsp3) is 0.154. The third-order valence-corrected chi connectivity index (χ3v) is 2.75. The van der Waals surface area contributed by atoms with E-state index in [1.807, 2.05) is 55.6 Å². The average molecular weight is 241 g/mol. The molecule has 0 aromatic heterocycles. The molecule has 0 atom stereocenters. The maximum atomic E-state index is 8.94. The largest absolute Gasteiger partial charge is 0.244 e. The third kappa shape index (κ3) is 3.48. The summed E-state index contributed by atoms with van der Waals surface area (Å²) in [7, 11) is 0. The molecular formula is C13H11N3S. The van der Waals surface area contributed by atoms with Crippen LogP contribution < -0.4 is 0 Å². The summed E-state index contributed by atoms with van der Waals surface area (Å²) in [6.07, 6.45) is 1.90. The molecule has 0 N–H and O–H groups in total. The van der Waals surface area contributed by atoms with E-state index in [1.165, 1.54) is 11.8 Å². The summed E-state index contributed by atoms with van der Waals surface area (Å²) in [5.74, 6) is 0. The van der Waals surface area contributed by atoms with Crippen molar-refractivity contribution in [1.82, 2.24) is 0 Å². The van der Waals surface area contributed by atoms with E-state index in [0.717, 1.165) is 10.6 Å². The zero-order chi connectivity index (χ0) is 12.7. The highest BCUT2D eigenvalue weighted by Gasteiger charge is 2.08. The average Bonchev–Trinajstić information content (AvgIpc) is 2.39. The molecule has 0 aliphatic carbocycles. The molecule has 1 aromatic rings. The van der Waals surface area contributed by atoms with Gasteiger partial charge in [0.2, 0.25) is 0 Å². The molecule has 1 aromatic carbocycles. The lowest BCUT2D eigenvalue weighted by molar-refractivity contribution is 1.42. The number of hydrogen-bond donors (Lipinski definition) is 0. The van der Waals surface area contributed by atoms with Gasteiger partial charge in [0.15, 0.2) is 5.57 Å². The van der Waals surface area contributed by atoms with Crippen molar-refractivity contribution in [2.75, 3.05) is 6.26 Å². The van der Waals surface area contributed by atoms with Crippen molar-refractivity contribution in [3.05, 3.63) is 41.5 Å². The van der Waals surface area contributed by atoms with E-state index in [1.54, 1.807) is 0 Å². The van der Waals surface area contributed by atoms with Gasteiger partial charge in [-0.3, -0.25) is 0 Å². The fourth-order valence-corrected chi connectivity index (χ4v) is 1.38. The summed E-state index contributed by atoms with van der Waals surface area (Å²) in [5, 5.41) is 18.7. The molecular weight excluding hydrogens is 230 g/mol. The lowest BCUT2D eigenvalue weighted by Crippen LogP contribution is -1.90. The van der Waals surface area contributed by atoms with Crippen LogP contribution in [0.15, 0.2) is 40.9 Å². The minimum absolute atomic E-state index is 0.0320. The highest BCUT2D eigenvalue weighted by atomic mass is 32.2. The topological polar surface area (TPSA) is 59.9 Å². The predicted molar refractivity (Wildman–Crippen MR) is 71.2 cm³/mol. The molecule has 0 bridgehead atoms. The quantitative estimate of drug-likeness (QED) is 0.453. The molecule has 3 nitrogen and oxygen atoms in total. The number of aliphatic imine (C=N–C) groups is 1. The van der Waals surface area contributed by atoms with E-state index in [9.17, 15) is 0 Å². The lowest BCUT2D eigenvalue weighted by Gasteiger charge is -2.03. The number of benzene rings is 1. The standard InChI is InChI=1S/C13H11N3S/c1-10(17-2)16-13(12(8-14)9-15)11-6-4-3-5-7-11/h3-7H,1-2H3. The van der Waals surface area contributed by atoms with Crippen molar-refractivity contribution in [3.63, 3.8) is 0 Å². The van der Waals surface area contributed by atoms with Gasteiger partial charge in [-0.25, -0.2) is 4.99 Å². The summed E-state index contributed by atoms with van der Waals surface area (Å²) < 4.78 is 0. The maximum absolute atomic E-state index is 8.94. The van der Waals surface area contributed by atoms with Crippen LogP contribution in [-0.4, -0.2) is 11.3 Å². The van der Waals surface area contributed by atoms with Crippen molar-refractivity contribution in [1.29, 1.82) is 10.5 Å². The number of allylic oxidation sites excluding steroid dienone is 1. The Morgan fingerprint density at radius 1 is 1.18 bits per heavy atom. The van der Waals surface area contributed by atoms with Gasteiger partial charge < -0.3 is 0 Å². The van der Waals surface area contributed by atoms with Gasteiger partial charge in [-0.1, -0.05) is 30.3 Å². The first-order chi connectivity index (χ1) is 8.22. The van der Waals surface area contributed by atoms with Crippen LogP contribution in [0.2, 0.25) is 0 Å². The van der Waals surface area contributed by atoms with E-state index < -0.39 is 0 Å². The second kappa shape index (κ2) is 6.52. The lowest BCUT2D eigenvalue weighted by atomic mass is 10.1. The van der Waals surface area contributed by atoms with Crippen molar-refractivity contribution in [2.45, 2.75) is 6.92 Å². The van der Waals surface area contributed by atoms with Crippen molar-refractivity contribution in [3.8, 4) is 12.1 Å². The smallest absolute Gasteiger partial charge is 0.155 e. The molecule has 0 unspecified atom stereocenters. The number of nitrogens with zero attached hydrogens (tertiary/aromatic N) is 3. The van der Waals surface area contributed by atoms with Crippen molar-refractivity contribution < 1.29 is 0 Å². The first-order valence-corrected chi connectivity index (χ1v) is 6.14. The summed E-state index contributed by atoms with van der Waals surface area (Å²) in [4.78, 5) is 4.32. The van der Waals surface area contributed by atoms with Gasteiger partial charge >= 0.3 is 0 Å². The molecule has 17 heavy (non-hydrogen) atoms. The zero-order valence-electron chi connectivity index (χ0n) is 9.64. The Balaban J connectivity index is 3.39. The Morgan fingerprint density at radius 2 is 1.76 bits per heavy atom. The number of nitriles is 2. The van der Waals surface area contributed by atoms with Gasteiger partial charge in [0.1, 0.15) is 12.1 Å². The predicted octanol–water partition coefficient (Wildman–Crippen LogP) is 3.23. The molecule has 0 fully saturated rings. The van der Waals surface area contributed by atoms with E-state index >= 15 is 0 Å². The van der Waals surface area contributed by atoms with E-state index in [0.29, 0.717) is 5.70 Å². The summed E-state index contributed by atoms with van der Waals surface area (Å²) in [6.45, 7) is 1.85. The normalized spacial score (nSPS) is 10.2. The van der Waals surface area contributed by atoms with E-state index in [4.69, 9.17) is 10.5 Å². The van der Waals surface area contributed by atoms with Crippen LogP contribution in [-0.2, 0) is 0 Å². The highest BCUT2D eigenvalue weighted by molar-refractivity contribution is 8.13. The minimum Gasteiger partial charge on any atom is -0.244 e.